The van der Waals surface area contributed by atoms with E-state index in [1.165, 1.54) is 32.1 Å². The minimum atomic E-state index is -1.22. The second kappa shape index (κ2) is 16.4. The van der Waals surface area contributed by atoms with Crippen molar-refractivity contribution in [1.29, 1.82) is 0 Å². The van der Waals surface area contributed by atoms with E-state index in [4.69, 9.17) is 18.9 Å². The fraction of sp³-hybridized carbons (Fsp3) is 0.625. The molecule has 0 bridgehead atoms. The Morgan fingerprint density at radius 2 is 1.47 bits per heavy atom. The molecule has 1 aromatic carbocycles. The van der Waals surface area contributed by atoms with E-state index in [1.54, 1.807) is 13.8 Å². The van der Waals surface area contributed by atoms with E-state index >= 15 is 0 Å². The second-order valence-electron chi connectivity index (χ2n) is 7.06. The third-order valence-corrected chi connectivity index (χ3v) is 4.52. The summed E-state index contributed by atoms with van der Waals surface area (Å²) in [6, 6.07) is 9.52. The molecule has 0 spiro atoms. The van der Waals surface area contributed by atoms with Crippen LogP contribution in [0, 0.1) is 0 Å². The number of hydrogen-bond donors (Lipinski definition) is 1. The van der Waals surface area contributed by atoms with E-state index in [1.807, 2.05) is 30.3 Å². The highest BCUT2D eigenvalue weighted by molar-refractivity contribution is 5.84. The fourth-order valence-electron chi connectivity index (χ4n) is 3.02. The molecular formula is C24H38O6. The Labute approximate surface area is 181 Å². The molecule has 6 nitrogen and oxygen atoms in total. The summed E-state index contributed by atoms with van der Waals surface area (Å²) in [4.78, 5) is 11.7. The van der Waals surface area contributed by atoms with Crippen molar-refractivity contribution in [2.75, 3.05) is 19.8 Å². The number of hydrogen-bond acceptors (Lipinski definition) is 5. The van der Waals surface area contributed by atoms with Gasteiger partial charge in [0.15, 0.2) is 0 Å². The maximum atomic E-state index is 11.7. The topological polar surface area (TPSA) is 74.2 Å². The van der Waals surface area contributed by atoms with Crippen LogP contribution in [0.15, 0.2) is 42.0 Å². The normalized spacial score (nSPS) is 11.4. The molecule has 1 unspecified atom stereocenters. The monoisotopic (exact) mass is 422 g/mol. The average molecular weight is 423 g/mol. The van der Waals surface area contributed by atoms with Gasteiger partial charge in [-0.05, 0) is 38.8 Å². The van der Waals surface area contributed by atoms with E-state index in [0.717, 1.165) is 25.0 Å². The van der Waals surface area contributed by atoms with Crippen LogP contribution in [0.1, 0.15) is 72.1 Å². The number of benzene rings is 1. The van der Waals surface area contributed by atoms with Gasteiger partial charge >= 0.3 is 11.9 Å². The Balaban J connectivity index is 2.70. The van der Waals surface area contributed by atoms with Crippen LogP contribution in [0.25, 0.3) is 0 Å². The average Bonchev–Trinajstić information content (AvgIpc) is 2.73. The van der Waals surface area contributed by atoms with Crippen LogP contribution in [0.5, 0.6) is 5.75 Å². The first kappa shape index (κ1) is 25.7. The van der Waals surface area contributed by atoms with Crippen molar-refractivity contribution in [2.45, 2.75) is 78.2 Å². The highest BCUT2D eigenvalue weighted by Gasteiger charge is 2.22. The molecule has 170 valence electrons. The number of rotatable bonds is 18. The van der Waals surface area contributed by atoms with Gasteiger partial charge in [0.25, 0.3) is 5.76 Å². The lowest BCUT2D eigenvalue weighted by Gasteiger charge is -2.21. The summed E-state index contributed by atoms with van der Waals surface area (Å²) in [6.45, 7) is 6.43. The van der Waals surface area contributed by atoms with Crippen LogP contribution in [0.2, 0.25) is 0 Å². The minimum Gasteiger partial charge on any atom is -0.487 e. The van der Waals surface area contributed by atoms with Gasteiger partial charge in [-0.25, -0.2) is 4.79 Å². The Kier molecular flexibility index (Phi) is 14.1. The lowest BCUT2D eigenvalue weighted by atomic mass is 10.1. The summed E-state index contributed by atoms with van der Waals surface area (Å²) in [5.74, 6) is -0.896. The van der Waals surface area contributed by atoms with Gasteiger partial charge in [-0.1, -0.05) is 63.6 Å². The molecule has 0 heterocycles. The lowest BCUT2D eigenvalue weighted by Crippen LogP contribution is -2.25. The molecule has 0 amide bonds. The molecule has 0 aromatic heterocycles. The van der Waals surface area contributed by atoms with Gasteiger partial charge in [-0.15, -0.1) is 0 Å². The lowest BCUT2D eigenvalue weighted by molar-refractivity contribution is -0.139. The van der Waals surface area contributed by atoms with Crippen molar-refractivity contribution in [2.24, 2.45) is 0 Å². The number of unbranched alkanes of at least 4 members (excludes halogenated alkanes) is 6. The molecule has 0 saturated carbocycles. The standard InChI is InChI=1S/C24H38O6/c1-4-7-8-9-10-11-13-18-21(30-20-16-14-12-15-17-20)19-29-22(23(25)26)24(27-5-2)28-6-3/h12,14-17,21H,4-11,13,18-19H2,1-3H3,(H,25,26). The molecule has 1 rings (SSSR count). The van der Waals surface area contributed by atoms with Crippen molar-refractivity contribution in [3.8, 4) is 5.75 Å². The first-order valence-electron chi connectivity index (χ1n) is 11.2. The molecule has 1 atom stereocenters. The van der Waals surface area contributed by atoms with Crippen LogP contribution in [0.4, 0.5) is 0 Å². The van der Waals surface area contributed by atoms with Crippen LogP contribution in [-0.4, -0.2) is 37.0 Å². The number of carboxylic acids is 1. The van der Waals surface area contributed by atoms with Gasteiger partial charge in [0, 0.05) is 0 Å². The van der Waals surface area contributed by atoms with Crippen LogP contribution in [0.3, 0.4) is 0 Å². The van der Waals surface area contributed by atoms with Crippen LogP contribution < -0.4 is 4.74 Å². The predicted octanol–water partition coefficient (Wildman–Crippen LogP) is 5.92. The zero-order valence-corrected chi connectivity index (χ0v) is 18.7. The first-order chi connectivity index (χ1) is 14.6. The molecule has 6 heteroatoms. The highest BCUT2D eigenvalue weighted by atomic mass is 16.7. The largest absolute Gasteiger partial charge is 0.487 e. The van der Waals surface area contributed by atoms with Gasteiger partial charge in [0.1, 0.15) is 18.5 Å². The number of carbonyl (C=O) groups is 1. The zero-order valence-electron chi connectivity index (χ0n) is 18.7. The summed E-state index contributed by atoms with van der Waals surface area (Å²) in [6.07, 6.45) is 8.94. The van der Waals surface area contributed by atoms with Crippen molar-refractivity contribution >= 4 is 5.97 Å². The number of para-hydroxylation sites is 1. The van der Waals surface area contributed by atoms with Gasteiger partial charge in [0.2, 0.25) is 0 Å². The van der Waals surface area contributed by atoms with Gasteiger partial charge in [-0.2, -0.15) is 0 Å². The summed E-state index contributed by atoms with van der Waals surface area (Å²) in [5, 5.41) is 9.53. The molecule has 0 aliphatic heterocycles. The van der Waals surface area contributed by atoms with E-state index < -0.39 is 5.97 Å². The fourth-order valence-corrected chi connectivity index (χ4v) is 3.02. The highest BCUT2D eigenvalue weighted by Crippen LogP contribution is 2.18. The van der Waals surface area contributed by atoms with E-state index in [-0.39, 0.29) is 37.6 Å². The molecule has 0 saturated heterocycles. The van der Waals surface area contributed by atoms with Gasteiger partial charge < -0.3 is 24.1 Å². The molecule has 0 fully saturated rings. The van der Waals surface area contributed by atoms with Gasteiger partial charge in [-0.3, -0.25) is 0 Å². The Hall–Kier alpha value is -2.37. The second-order valence-corrected chi connectivity index (χ2v) is 7.06. The molecule has 0 radical (unpaired) electrons. The van der Waals surface area contributed by atoms with E-state index in [9.17, 15) is 9.90 Å². The van der Waals surface area contributed by atoms with Crippen molar-refractivity contribution < 1.29 is 28.8 Å². The first-order valence-corrected chi connectivity index (χ1v) is 11.2. The van der Waals surface area contributed by atoms with E-state index in [2.05, 4.69) is 6.92 Å². The summed E-state index contributed by atoms with van der Waals surface area (Å²) in [7, 11) is 0. The summed E-state index contributed by atoms with van der Waals surface area (Å²) in [5.41, 5.74) is 0. The van der Waals surface area contributed by atoms with Crippen LogP contribution >= 0.6 is 0 Å². The minimum absolute atomic E-state index is 0.0955. The zero-order chi connectivity index (χ0) is 22.0. The molecule has 30 heavy (non-hydrogen) atoms. The summed E-state index contributed by atoms with van der Waals surface area (Å²) >= 11 is 0. The van der Waals surface area contributed by atoms with Crippen LogP contribution in [-0.2, 0) is 19.0 Å². The Bertz CT molecular complexity index is 591. The van der Waals surface area contributed by atoms with E-state index in [0.29, 0.717) is 0 Å². The number of ether oxygens (including phenoxy) is 4. The third kappa shape index (κ3) is 11.0. The molecule has 0 aliphatic rings. The molecular weight excluding hydrogens is 384 g/mol. The Morgan fingerprint density at radius 3 is 2.03 bits per heavy atom. The maximum Gasteiger partial charge on any atom is 0.378 e. The molecule has 1 N–H and O–H groups in total. The maximum absolute atomic E-state index is 11.7. The van der Waals surface area contributed by atoms with Crippen molar-refractivity contribution in [1.82, 2.24) is 0 Å². The smallest absolute Gasteiger partial charge is 0.378 e. The SMILES string of the molecule is CCCCCCCCCC(COC(C(=O)O)=C(OCC)OCC)Oc1ccccc1. The predicted molar refractivity (Wildman–Crippen MR) is 117 cm³/mol. The number of aliphatic carboxylic acids is 1. The Morgan fingerprint density at radius 1 is 0.867 bits per heavy atom. The van der Waals surface area contributed by atoms with Crippen molar-refractivity contribution in [3.63, 3.8) is 0 Å². The quantitative estimate of drug-likeness (QED) is 0.180. The number of carboxylic acid groups (broad SMARTS) is 1. The van der Waals surface area contributed by atoms with Gasteiger partial charge in [0.05, 0.1) is 13.2 Å². The molecule has 0 aliphatic carbocycles. The third-order valence-electron chi connectivity index (χ3n) is 4.52. The summed E-state index contributed by atoms with van der Waals surface area (Å²) < 4.78 is 22.3. The van der Waals surface area contributed by atoms with Crippen molar-refractivity contribution in [3.05, 3.63) is 42.0 Å². The molecule has 1 aromatic rings.